The Kier molecular flexibility index (Phi) is 3.52. The van der Waals surface area contributed by atoms with Crippen molar-refractivity contribution in [1.29, 1.82) is 0 Å². The van der Waals surface area contributed by atoms with Crippen LogP contribution in [0.3, 0.4) is 0 Å². The number of hydrogen-bond donors (Lipinski definition) is 4. The molecule has 2 rings (SSSR count). The Morgan fingerprint density at radius 2 is 1.84 bits per heavy atom. The van der Waals surface area contributed by atoms with Gasteiger partial charge in [0, 0.05) is 17.7 Å². The third-order valence-corrected chi connectivity index (χ3v) is 3.08. The summed E-state index contributed by atoms with van der Waals surface area (Å²) in [4.78, 5) is 9.91. The van der Waals surface area contributed by atoms with E-state index in [9.17, 15) is 30.5 Å². The number of aliphatic hydroxyl groups excluding tert-OH is 3. The monoisotopic (exact) mass is 271 g/mol. The molecule has 1 saturated heterocycles. The first-order valence-electron chi connectivity index (χ1n) is 5.51. The Bertz CT molecular complexity index is 476. The summed E-state index contributed by atoms with van der Waals surface area (Å²) in [6.07, 6.45) is -4.65. The zero-order chi connectivity index (χ0) is 14.2. The third-order valence-electron chi connectivity index (χ3n) is 3.08. The van der Waals surface area contributed by atoms with Gasteiger partial charge in [-0.25, -0.2) is 0 Å². The van der Waals surface area contributed by atoms with Crippen LogP contribution in [0.5, 0.6) is 0 Å². The van der Waals surface area contributed by atoms with Gasteiger partial charge in [-0.2, -0.15) is 0 Å². The molecule has 0 aliphatic carbocycles. The summed E-state index contributed by atoms with van der Waals surface area (Å²) in [5, 5.41) is 49.4. The average Bonchev–Trinajstić information content (AvgIpc) is 2.41. The molecule has 1 aliphatic rings. The second kappa shape index (κ2) is 4.83. The van der Waals surface area contributed by atoms with Gasteiger partial charge >= 0.3 is 0 Å². The van der Waals surface area contributed by atoms with Crippen molar-refractivity contribution >= 4 is 5.69 Å². The van der Waals surface area contributed by atoms with Crippen LogP contribution in [0.1, 0.15) is 5.56 Å². The molecule has 0 radical (unpaired) electrons. The summed E-state index contributed by atoms with van der Waals surface area (Å²) in [5.41, 5.74) is -0.130. The zero-order valence-electron chi connectivity index (χ0n) is 9.71. The molecule has 0 spiro atoms. The first kappa shape index (κ1) is 13.8. The first-order chi connectivity index (χ1) is 8.86. The van der Waals surface area contributed by atoms with Crippen molar-refractivity contribution < 1.29 is 30.1 Å². The minimum Gasteiger partial charge on any atom is -0.388 e. The molecule has 104 valence electrons. The van der Waals surface area contributed by atoms with E-state index in [2.05, 4.69) is 0 Å². The van der Waals surface area contributed by atoms with E-state index in [0.29, 0.717) is 0 Å². The zero-order valence-corrected chi connectivity index (χ0v) is 9.71. The van der Waals surface area contributed by atoms with Crippen molar-refractivity contribution in [2.75, 3.05) is 6.61 Å². The van der Waals surface area contributed by atoms with Crippen molar-refractivity contribution in [3.63, 3.8) is 0 Å². The molecule has 1 aliphatic heterocycles. The third kappa shape index (κ3) is 2.31. The van der Waals surface area contributed by atoms with E-state index in [1.54, 1.807) is 0 Å². The van der Waals surface area contributed by atoms with E-state index in [-0.39, 0.29) is 17.9 Å². The summed E-state index contributed by atoms with van der Waals surface area (Å²) < 4.78 is 4.97. The van der Waals surface area contributed by atoms with Gasteiger partial charge in [0.05, 0.1) is 11.5 Å². The number of rotatable bonds is 2. The number of non-ortho nitro benzene ring substituents is 1. The van der Waals surface area contributed by atoms with E-state index < -0.39 is 29.0 Å². The Labute approximate surface area is 107 Å². The Morgan fingerprint density at radius 1 is 1.26 bits per heavy atom. The summed E-state index contributed by atoms with van der Waals surface area (Å²) >= 11 is 0. The lowest BCUT2D eigenvalue weighted by molar-refractivity contribution is -0.385. The molecule has 0 amide bonds. The van der Waals surface area contributed by atoms with Gasteiger partial charge in [0.25, 0.3) is 5.69 Å². The number of nitro groups is 1. The van der Waals surface area contributed by atoms with Crippen molar-refractivity contribution in [2.24, 2.45) is 0 Å². The molecule has 1 aromatic carbocycles. The molecule has 0 bridgehead atoms. The minimum atomic E-state index is -2.21. The van der Waals surface area contributed by atoms with Gasteiger partial charge in [0.1, 0.15) is 18.3 Å². The molecule has 0 unspecified atom stereocenters. The molecular weight excluding hydrogens is 258 g/mol. The molecule has 1 heterocycles. The maximum atomic E-state index is 10.5. The van der Waals surface area contributed by atoms with Gasteiger partial charge in [0.15, 0.2) is 0 Å². The highest BCUT2D eigenvalue weighted by atomic mass is 16.6. The lowest BCUT2D eigenvalue weighted by Gasteiger charge is -2.41. The summed E-state index contributed by atoms with van der Waals surface area (Å²) in [6, 6.07) is 4.71. The summed E-state index contributed by atoms with van der Waals surface area (Å²) in [5.74, 6) is -2.21. The molecule has 0 saturated carbocycles. The maximum Gasteiger partial charge on any atom is 0.269 e. The molecule has 4 N–H and O–H groups in total. The second-order valence-corrected chi connectivity index (χ2v) is 4.31. The van der Waals surface area contributed by atoms with Crippen molar-refractivity contribution in [1.82, 2.24) is 0 Å². The van der Waals surface area contributed by atoms with Crippen LogP contribution in [0.25, 0.3) is 0 Å². The average molecular weight is 271 g/mol. The fraction of sp³-hybridized carbons (Fsp3) is 0.455. The largest absolute Gasteiger partial charge is 0.388 e. The number of aliphatic hydroxyl groups is 4. The number of nitrogens with zero attached hydrogens (tertiary/aromatic N) is 1. The predicted molar refractivity (Wildman–Crippen MR) is 61.0 cm³/mol. The number of ether oxygens (including phenoxy) is 1. The molecule has 8 nitrogen and oxygen atoms in total. The fourth-order valence-electron chi connectivity index (χ4n) is 1.91. The van der Waals surface area contributed by atoms with Gasteiger partial charge in [0.2, 0.25) is 5.79 Å². The van der Waals surface area contributed by atoms with Gasteiger partial charge in [-0.3, -0.25) is 10.1 Å². The van der Waals surface area contributed by atoms with E-state index in [1.807, 2.05) is 0 Å². The highest BCUT2D eigenvalue weighted by molar-refractivity contribution is 5.35. The van der Waals surface area contributed by atoms with Crippen LogP contribution in [0, 0.1) is 10.1 Å². The highest BCUT2D eigenvalue weighted by Crippen LogP contribution is 2.34. The minimum absolute atomic E-state index is 0.0524. The molecule has 1 fully saturated rings. The summed E-state index contributed by atoms with van der Waals surface area (Å²) in [7, 11) is 0. The van der Waals surface area contributed by atoms with Crippen molar-refractivity contribution in [3.8, 4) is 0 Å². The van der Waals surface area contributed by atoms with E-state index in [0.717, 1.165) is 12.1 Å². The standard InChI is InChI=1S/C11H13NO7/c13-8-5-19-11(16,10(15)9(8)14)6-1-3-7(4-2-6)12(17)18/h1-4,8-10,13-16H,5H2/t8-,9+,10-,11+/m1/s1. The topological polar surface area (TPSA) is 133 Å². The number of nitro benzene ring substituents is 1. The molecule has 1 aromatic rings. The Morgan fingerprint density at radius 3 is 2.37 bits per heavy atom. The van der Waals surface area contributed by atoms with Gasteiger partial charge < -0.3 is 25.2 Å². The molecular formula is C11H13NO7. The van der Waals surface area contributed by atoms with Crippen molar-refractivity contribution in [2.45, 2.75) is 24.1 Å². The fourth-order valence-corrected chi connectivity index (χ4v) is 1.91. The van der Waals surface area contributed by atoms with E-state index >= 15 is 0 Å². The normalized spacial score (nSPS) is 35.1. The quantitative estimate of drug-likeness (QED) is 0.394. The van der Waals surface area contributed by atoms with Crippen LogP contribution in [0.4, 0.5) is 5.69 Å². The van der Waals surface area contributed by atoms with Gasteiger partial charge in [-0.15, -0.1) is 0 Å². The van der Waals surface area contributed by atoms with Gasteiger partial charge in [-0.05, 0) is 12.1 Å². The number of benzene rings is 1. The molecule has 8 heteroatoms. The van der Waals surface area contributed by atoms with Crippen molar-refractivity contribution in [3.05, 3.63) is 39.9 Å². The molecule has 0 aromatic heterocycles. The maximum absolute atomic E-state index is 10.5. The second-order valence-electron chi connectivity index (χ2n) is 4.31. The van der Waals surface area contributed by atoms with Crippen LogP contribution >= 0.6 is 0 Å². The smallest absolute Gasteiger partial charge is 0.269 e. The van der Waals surface area contributed by atoms with E-state index in [4.69, 9.17) is 4.74 Å². The van der Waals surface area contributed by atoms with Crippen LogP contribution in [-0.2, 0) is 10.5 Å². The highest BCUT2D eigenvalue weighted by Gasteiger charge is 2.49. The van der Waals surface area contributed by atoms with Crippen LogP contribution in [-0.4, -0.2) is 50.3 Å². The molecule has 19 heavy (non-hydrogen) atoms. The van der Waals surface area contributed by atoms with Crippen LogP contribution in [0.2, 0.25) is 0 Å². The SMILES string of the molecule is O=[N+]([O-])c1ccc([C@]2(O)OC[C@@H](O)[C@H](O)[C@H]2O)cc1. The summed E-state index contributed by atoms with van der Waals surface area (Å²) in [6.45, 7) is -0.369. The van der Waals surface area contributed by atoms with Crippen LogP contribution < -0.4 is 0 Å². The first-order valence-corrected chi connectivity index (χ1v) is 5.51. The Hall–Kier alpha value is -1.58. The Balaban J connectivity index is 2.31. The van der Waals surface area contributed by atoms with Gasteiger partial charge in [-0.1, -0.05) is 0 Å². The van der Waals surface area contributed by atoms with Crippen LogP contribution in [0.15, 0.2) is 24.3 Å². The van der Waals surface area contributed by atoms with E-state index in [1.165, 1.54) is 12.1 Å². The molecule has 4 atom stereocenters. The predicted octanol–water partition coefficient (Wildman–Crippen LogP) is -1.15. The lowest BCUT2D eigenvalue weighted by atomic mass is 9.91. The lowest BCUT2D eigenvalue weighted by Crippen LogP contribution is -2.58. The number of hydrogen-bond acceptors (Lipinski definition) is 7.